The molecule has 138 valence electrons. The summed E-state index contributed by atoms with van der Waals surface area (Å²) in [5.41, 5.74) is 6.11. The molecule has 2 heteroatoms. The Morgan fingerprint density at radius 1 is 0.846 bits per heavy atom. The van der Waals surface area contributed by atoms with Gasteiger partial charge in [0.2, 0.25) is 0 Å². The van der Waals surface area contributed by atoms with Gasteiger partial charge >= 0.3 is 0 Å². The van der Waals surface area contributed by atoms with E-state index in [0.29, 0.717) is 0 Å². The van der Waals surface area contributed by atoms with E-state index >= 15 is 0 Å². The largest absolute Gasteiger partial charge is 0.496 e. The Morgan fingerprint density at radius 2 is 1.46 bits per heavy atom. The van der Waals surface area contributed by atoms with E-state index < -0.39 is 0 Å². The van der Waals surface area contributed by atoms with E-state index in [1.165, 1.54) is 11.1 Å². The molecule has 0 fully saturated rings. The van der Waals surface area contributed by atoms with Crippen molar-refractivity contribution in [3.63, 3.8) is 0 Å². The highest BCUT2D eigenvalue weighted by Crippen LogP contribution is 2.35. The minimum absolute atomic E-state index is 0.808. The lowest BCUT2D eigenvalue weighted by molar-refractivity contribution is 0.387. The number of hydrogen-bond donors (Lipinski definition) is 0. The summed E-state index contributed by atoms with van der Waals surface area (Å²) in [6.45, 7) is 6.47. The van der Waals surface area contributed by atoms with Crippen LogP contribution < -0.4 is 9.47 Å². The average molecular weight is 351 g/mol. The van der Waals surface area contributed by atoms with E-state index in [-0.39, 0.29) is 0 Å². The molecule has 0 bridgehead atoms. The van der Waals surface area contributed by atoms with Gasteiger partial charge in [-0.15, -0.1) is 0 Å². The van der Waals surface area contributed by atoms with E-state index in [2.05, 4.69) is 57.2 Å². The third-order valence-corrected chi connectivity index (χ3v) is 4.46. The fourth-order valence-corrected chi connectivity index (χ4v) is 2.95. The molecule has 0 heterocycles. The van der Waals surface area contributed by atoms with Crippen molar-refractivity contribution < 1.29 is 9.47 Å². The summed E-state index contributed by atoms with van der Waals surface area (Å²) < 4.78 is 11.4. The molecule has 2 aromatic rings. The van der Waals surface area contributed by atoms with Crippen LogP contribution in [0, 0.1) is 0 Å². The van der Waals surface area contributed by atoms with Gasteiger partial charge in [-0.3, -0.25) is 0 Å². The smallest absolute Gasteiger partial charge is 0.126 e. The maximum atomic E-state index is 5.68. The van der Waals surface area contributed by atoms with Crippen molar-refractivity contribution in [2.75, 3.05) is 14.2 Å². The lowest BCUT2D eigenvalue weighted by Crippen LogP contribution is -1.97. The van der Waals surface area contributed by atoms with E-state index in [1.807, 2.05) is 18.2 Å². The summed E-state index contributed by atoms with van der Waals surface area (Å²) in [7, 11) is 3.44. The molecule has 0 unspecified atom stereocenters. The van der Waals surface area contributed by atoms with Crippen molar-refractivity contribution in [2.24, 2.45) is 0 Å². The van der Waals surface area contributed by atoms with Crippen molar-refractivity contribution in [2.45, 2.75) is 40.0 Å². The Bertz CT molecular complexity index is 741. The molecule has 0 aliphatic rings. The zero-order chi connectivity index (χ0) is 18.9. The van der Waals surface area contributed by atoms with Crippen LogP contribution in [0.25, 0.3) is 11.1 Å². The maximum absolute atomic E-state index is 5.68. The second-order valence-electron chi connectivity index (χ2n) is 6.80. The van der Waals surface area contributed by atoms with Gasteiger partial charge in [0.05, 0.1) is 14.2 Å². The third-order valence-electron chi connectivity index (χ3n) is 4.46. The quantitative estimate of drug-likeness (QED) is 0.499. The van der Waals surface area contributed by atoms with E-state index in [0.717, 1.165) is 47.5 Å². The molecule has 0 saturated heterocycles. The fourth-order valence-electron chi connectivity index (χ4n) is 2.95. The number of hydrogen-bond acceptors (Lipinski definition) is 2. The van der Waals surface area contributed by atoms with Gasteiger partial charge in [0, 0.05) is 5.56 Å². The second kappa shape index (κ2) is 9.86. The first-order valence-corrected chi connectivity index (χ1v) is 9.14. The van der Waals surface area contributed by atoms with Gasteiger partial charge in [0.1, 0.15) is 11.5 Å². The van der Waals surface area contributed by atoms with Crippen molar-refractivity contribution in [3.05, 3.63) is 71.3 Å². The molecular weight excluding hydrogens is 320 g/mol. The first-order valence-electron chi connectivity index (χ1n) is 9.14. The number of benzene rings is 2. The topological polar surface area (TPSA) is 18.5 Å². The Morgan fingerprint density at radius 3 is 2.00 bits per heavy atom. The molecule has 0 aliphatic carbocycles. The minimum atomic E-state index is 0.808. The van der Waals surface area contributed by atoms with Crippen LogP contribution in [0.5, 0.6) is 11.5 Å². The predicted octanol–water partition coefficient (Wildman–Crippen LogP) is 6.61. The maximum Gasteiger partial charge on any atom is 0.126 e. The Kier molecular flexibility index (Phi) is 7.53. The fraction of sp³-hybridized carbons (Fsp3) is 0.333. The lowest BCUT2D eigenvalue weighted by Gasteiger charge is -2.15. The molecule has 2 rings (SSSR count). The molecule has 0 spiro atoms. The molecule has 0 radical (unpaired) electrons. The molecular formula is C24H30O2. The van der Waals surface area contributed by atoms with Crippen molar-refractivity contribution >= 4 is 0 Å². The van der Waals surface area contributed by atoms with Crippen LogP contribution in [0.2, 0.25) is 0 Å². The highest BCUT2D eigenvalue weighted by atomic mass is 16.5. The summed E-state index contributed by atoms with van der Waals surface area (Å²) in [4.78, 5) is 0. The average Bonchev–Trinajstić information content (AvgIpc) is 2.66. The third kappa shape index (κ3) is 5.52. The number of methoxy groups -OCH3 is 2. The summed E-state index contributed by atoms with van der Waals surface area (Å²) in [5.74, 6) is 1.74. The van der Waals surface area contributed by atoms with Crippen LogP contribution in [0.1, 0.15) is 39.2 Å². The first-order chi connectivity index (χ1) is 12.5. The van der Waals surface area contributed by atoms with Crippen molar-refractivity contribution in [1.82, 2.24) is 0 Å². The van der Waals surface area contributed by atoms with Gasteiger partial charge in [-0.1, -0.05) is 53.6 Å². The van der Waals surface area contributed by atoms with E-state index in [1.54, 1.807) is 14.2 Å². The van der Waals surface area contributed by atoms with Crippen LogP contribution in [-0.2, 0) is 6.42 Å². The predicted molar refractivity (Wildman–Crippen MR) is 111 cm³/mol. The molecule has 0 saturated carbocycles. The number of ether oxygens (including phenoxy) is 2. The molecule has 2 aromatic carbocycles. The van der Waals surface area contributed by atoms with Gasteiger partial charge in [0.25, 0.3) is 0 Å². The number of rotatable bonds is 8. The summed E-state index contributed by atoms with van der Waals surface area (Å²) in [6.07, 6.45) is 7.54. The number of allylic oxidation sites excluding steroid dienone is 4. The van der Waals surface area contributed by atoms with Crippen molar-refractivity contribution in [1.29, 1.82) is 0 Å². The van der Waals surface area contributed by atoms with Crippen LogP contribution in [-0.4, -0.2) is 14.2 Å². The zero-order valence-corrected chi connectivity index (χ0v) is 16.6. The highest BCUT2D eigenvalue weighted by Gasteiger charge is 2.12. The standard InChI is InChI=1S/C24H30O2/c1-18(2)10-9-11-19(3)14-15-22-23(25-4)16-21(17-24(22)26-5)20-12-7-6-8-13-20/h6-8,10,12-14,16-17H,9,11,15H2,1-5H3/b19-14+. The van der Waals surface area contributed by atoms with E-state index in [9.17, 15) is 0 Å². The van der Waals surface area contributed by atoms with Crippen molar-refractivity contribution in [3.8, 4) is 22.6 Å². The monoisotopic (exact) mass is 350 g/mol. The van der Waals surface area contributed by atoms with Gasteiger partial charge < -0.3 is 9.47 Å². The van der Waals surface area contributed by atoms with Gasteiger partial charge in [-0.2, -0.15) is 0 Å². The van der Waals surface area contributed by atoms with Gasteiger partial charge in [-0.25, -0.2) is 0 Å². The lowest BCUT2D eigenvalue weighted by atomic mass is 9.99. The minimum Gasteiger partial charge on any atom is -0.496 e. The molecule has 0 amide bonds. The normalized spacial score (nSPS) is 11.2. The second-order valence-corrected chi connectivity index (χ2v) is 6.80. The van der Waals surface area contributed by atoms with Crippen LogP contribution in [0.3, 0.4) is 0 Å². The summed E-state index contributed by atoms with van der Waals surface area (Å²) in [6, 6.07) is 14.5. The first kappa shape index (κ1) is 19.8. The highest BCUT2D eigenvalue weighted by molar-refractivity contribution is 5.69. The molecule has 0 aliphatic heterocycles. The van der Waals surface area contributed by atoms with Crippen LogP contribution >= 0.6 is 0 Å². The molecule has 0 atom stereocenters. The van der Waals surface area contributed by atoms with Crippen LogP contribution in [0.4, 0.5) is 0 Å². The molecule has 0 N–H and O–H groups in total. The van der Waals surface area contributed by atoms with E-state index in [4.69, 9.17) is 9.47 Å². The zero-order valence-electron chi connectivity index (χ0n) is 16.6. The molecule has 26 heavy (non-hydrogen) atoms. The Labute approximate surface area is 158 Å². The Hall–Kier alpha value is -2.48. The molecule has 0 aromatic heterocycles. The van der Waals surface area contributed by atoms with Crippen LogP contribution in [0.15, 0.2) is 65.8 Å². The Balaban J connectivity index is 2.26. The summed E-state index contributed by atoms with van der Waals surface area (Å²) >= 11 is 0. The summed E-state index contributed by atoms with van der Waals surface area (Å²) in [5, 5.41) is 0. The SMILES string of the molecule is COc1cc(-c2ccccc2)cc(OC)c1C/C=C(\C)CCC=C(C)C. The van der Waals surface area contributed by atoms with Gasteiger partial charge in [0.15, 0.2) is 0 Å². The van der Waals surface area contributed by atoms with Gasteiger partial charge in [-0.05, 0) is 63.3 Å². The molecule has 2 nitrogen and oxygen atoms in total.